The summed E-state index contributed by atoms with van der Waals surface area (Å²) >= 11 is 8.58. The summed E-state index contributed by atoms with van der Waals surface area (Å²) in [7, 11) is 0. The fourth-order valence-electron chi connectivity index (χ4n) is 3.31. The number of pyridine rings is 1. The van der Waals surface area contributed by atoms with E-state index in [1.54, 1.807) is 31.2 Å². The summed E-state index contributed by atoms with van der Waals surface area (Å²) in [5, 5.41) is 6.00. The van der Waals surface area contributed by atoms with Crippen LogP contribution in [0.3, 0.4) is 0 Å². The smallest absolute Gasteiger partial charge is 0.260 e. The molecule has 2 amide bonds. The van der Waals surface area contributed by atoms with Gasteiger partial charge in [0.1, 0.15) is 9.71 Å². The van der Waals surface area contributed by atoms with E-state index in [0.717, 1.165) is 21.8 Å². The van der Waals surface area contributed by atoms with Gasteiger partial charge in [-0.15, -0.1) is 22.7 Å². The molecule has 0 unspecified atom stereocenters. The van der Waals surface area contributed by atoms with E-state index in [4.69, 9.17) is 23.1 Å². The lowest BCUT2D eigenvalue weighted by Gasteiger charge is -2.14. The second kappa shape index (κ2) is 7.71. The highest BCUT2D eigenvalue weighted by atomic mass is 35.5. The van der Waals surface area contributed by atoms with Gasteiger partial charge in [0.05, 0.1) is 16.9 Å². The summed E-state index contributed by atoms with van der Waals surface area (Å²) in [6.45, 7) is 3.73. The Balaban J connectivity index is 1.98. The third kappa shape index (κ3) is 3.43. The van der Waals surface area contributed by atoms with Crippen molar-refractivity contribution in [2.24, 2.45) is 5.73 Å². The van der Waals surface area contributed by atoms with Crippen molar-refractivity contribution in [1.82, 2.24) is 4.98 Å². The van der Waals surface area contributed by atoms with E-state index < -0.39 is 5.91 Å². The Labute approximate surface area is 185 Å². The Morgan fingerprint density at radius 3 is 2.43 bits per heavy atom. The minimum Gasteiger partial charge on any atom is -0.397 e. The zero-order valence-electron chi connectivity index (χ0n) is 16.1. The minimum absolute atomic E-state index is 0.239. The van der Waals surface area contributed by atoms with Crippen LogP contribution >= 0.6 is 34.3 Å². The van der Waals surface area contributed by atoms with Crippen molar-refractivity contribution in [3.05, 3.63) is 62.4 Å². The van der Waals surface area contributed by atoms with Crippen LogP contribution in [-0.4, -0.2) is 16.8 Å². The number of nitrogens with one attached hydrogen (secondary N) is 1. The molecule has 0 fully saturated rings. The highest BCUT2D eigenvalue weighted by Gasteiger charge is 2.27. The van der Waals surface area contributed by atoms with Crippen LogP contribution in [0.1, 0.15) is 31.3 Å². The molecule has 3 aromatic heterocycles. The third-order valence-corrected chi connectivity index (χ3v) is 7.10. The molecule has 5 N–H and O–H groups in total. The lowest BCUT2D eigenvalue weighted by molar-refractivity contribution is 0.100. The Kier molecular flexibility index (Phi) is 5.23. The van der Waals surface area contributed by atoms with Crippen LogP contribution in [-0.2, 0) is 0 Å². The average Bonchev–Trinajstić information content (AvgIpc) is 3.25. The Morgan fingerprint density at radius 1 is 1.13 bits per heavy atom. The number of nitrogens with zero attached hydrogens (tertiary/aromatic N) is 1. The van der Waals surface area contributed by atoms with Gasteiger partial charge in [-0.3, -0.25) is 9.59 Å². The number of benzene rings is 1. The maximum absolute atomic E-state index is 13.3. The summed E-state index contributed by atoms with van der Waals surface area (Å²) in [5.41, 5.74) is 15.3. The molecular formula is C21H17ClN4O2S2. The Hall–Kier alpha value is -2.94. The first-order valence-electron chi connectivity index (χ1n) is 8.91. The number of amides is 2. The SMILES string of the molecule is Cc1ccsc1-c1c(C(=O)Nc2ccc(Cl)cc2)c(C)nc2sc(C(N)=O)c(N)c12. The third-order valence-electron chi connectivity index (χ3n) is 4.70. The van der Waals surface area contributed by atoms with Crippen molar-refractivity contribution in [2.45, 2.75) is 13.8 Å². The van der Waals surface area contributed by atoms with Crippen molar-refractivity contribution in [1.29, 1.82) is 0 Å². The number of primary amides is 1. The number of hydrogen-bond donors (Lipinski definition) is 3. The van der Waals surface area contributed by atoms with Gasteiger partial charge in [0.25, 0.3) is 11.8 Å². The monoisotopic (exact) mass is 456 g/mol. The van der Waals surface area contributed by atoms with Gasteiger partial charge in [0, 0.05) is 26.5 Å². The molecule has 0 bridgehead atoms. The molecule has 0 radical (unpaired) electrons. The van der Waals surface area contributed by atoms with E-state index in [9.17, 15) is 9.59 Å². The molecule has 0 atom stereocenters. The number of nitrogen functional groups attached to an aromatic ring is 1. The summed E-state index contributed by atoms with van der Waals surface area (Å²) in [6, 6.07) is 8.82. The van der Waals surface area contributed by atoms with Gasteiger partial charge in [0.15, 0.2) is 0 Å². The number of rotatable bonds is 4. The summed E-state index contributed by atoms with van der Waals surface area (Å²) in [5.74, 6) is -0.938. The normalized spacial score (nSPS) is 11.0. The summed E-state index contributed by atoms with van der Waals surface area (Å²) in [6.07, 6.45) is 0. The van der Waals surface area contributed by atoms with E-state index in [1.165, 1.54) is 11.3 Å². The topological polar surface area (TPSA) is 111 Å². The van der Waals surface area contributed by atoms with Gasteiger partial charge < -0.3 is 16.8 Å². The number of anilines is 2. The molecular weight excluding hydrogens is 440 g/mol. The molecule has 9 heteroatoms. The molecule has 0 aliphatic carbocycles. The number of thiophene rings is 2. The highest BCUT2D eigenvalue weighted by molar-refractivity contribution is 7.21. The lowest BCUT2D eigenvalue weighted by atomic mass is 9.98. The zero-order valence-corrected chi connectivity index (χ0v) is 18.5. The van der Waals surface area contributed by atoms with E-state index in [-0.39, 0.29) is 16.5 Å². The quantitative estimate of drug-likeness (QED) is 0.390. The zero-order chi connectivity index (χ0) is 21.6. The van der Waals surface area contributed by atoms with Crippen LogP contribution in [0.25, 0.3) is 20.7 Å². The largest absolute Gasteiger partial charge is 0.397 e. The number of carbonyl (C=O) groups excluding carboxylic acids is 2. The van der Waals surface area contributed by atoms with E-state index in [0.29, 0.717) is 37.7 Å². The van der Waals surface area contributed by atoms with E-state index in [1.807, 2.05) is 18.4 Å². The van der Waals surface area contributed by atoms with E-state index >= 15 is 0 Å². The summed E-state index contributed by atoms with van der Waals surface area (Å²) in [4.78, 5) is 31.5. The first-order valence-corrected chi connectivity index (χ1v) is 11.0. The number of nitrogens with two attached hydrogens (primary N) is 2. The lowest BCUT2D eigenvalue weighted by Crippen LogP contribution is -2.16. The molecule has 3 heterocycles. The highest BCUT2D eigenvalue weighted by Crippen LogP contribution is 2.44. The van der Waals surface area contributed by atoms with Crippen molar-refractivity contribution in [2.75, 3.05) is 11.1 Å². The summed E-state index contributed by atoms with van der Waals surface area (Å²) < 4.78 is 0. The van der Waals surface area contributed by atoms with Crippen LogP contribution < -0.4 is 16.8 Å². The Bertz CT molecular complexity index is 1310. The van der Waals surface area contributed by atoms with Gasteiger partial charge in [-0.25, -0.2) is 4.98 Å². The number of fused-ring (bicyclic) bond motifs is 1. The fourth-order valence-corrected chi connectivity index (χ4v) is 5.42. The second-order valence-corrected chi connectivity index (χ2v) is 9.08. The molecule has 0 spiro atoms. The van der Waals surface area contributed by atoms with Crippen molar-refractivity contribution in [3.63, 3.8) is 0 Å². The predicted octanol–water partition coefficient (Wildman–Crippen LogP) is 5.23. The molecule has 0 aliphatic rings. The second-order valence-electron chi connectivity index (χ2n) is 6.73. The van der Waals surface area contributed by atoms with Crippen LogP contribution in [0.4, 0.5) is 11.4 Å². The predicted molar refractivity (Wildman–Crippen MR) is 125 cm³/mol. The first kappa shape index (κ1) is 20.3. The number of halogens is 1. The molecule has 4 rings (SSSR count). The van der Waals surface area contributed by atoms with Gasteiger partial charge in [0.2, 0.25) is 0 Å². The molecule has 0 aliphatic heterocycles. The Morgan fingerprint density at radius 2 is 1.83 bits per heavy atom. The van der Waals surface area contributed by atoms with Crippen LogP contribution in [0.15, 0.2) is 35.7 Å². The standard InChI is InChI=1S/C21H17ClN4O2S2/c1-9-7-8-29-17(9)14-13(20(28)26-12-5-3-11(22)4-6-12)10(2)25-21-15(14)16(23)18(30-21)19(24)27/h3-8H,23H2,1-2H3,(H2,24,27)(H,26,28). The molecule has 0 saturated carbocycles. The van der Waals surface area contributed by atoms with Crippen LogP contribution in [0.2, 0.25) is 5.02 Å². The molecule has 1 aromatic carbocycles. The maximum atomic E-state index is 13.3. The van der Waals surface area contributed by atoms with E-state index in [2.05, 4.69) is 10.3 Å². The number of hydrogen-bond acceptors (Lipinski definition) is 6. The molecule has 6 nitrogen and oxygen atoms in total. The average molecular weight is 457 g/mol. The fraction of sp³-hybridized carbons (Fsp3) is 0.0952. The van der Waals surface area contributed by atoms with Gasteiger partial charge in [-0.2, -0.15) is 0 Å². The first-order chi connectivity index (χ1) is 14.3. The maximum Gasteiger partial charge on any atom is 0.260 e. The van der Waals surface area contributed by atoms with Gasteiger partial charge in [-0.1, -0.05) is 11.6 Å². The number of aromatic nitrogens is 1. The van der Waals surface area contributed by atoms with Gasteiger partial charge >= 0.3 is 0 Å². The molecule has 152 valence electrons. The van der Waals surface area contributed by atoms with Crippen molar-refractivity contribution >= 4 is 67.7 Å². The van der Waals surface area contributed by atoms with Crippen LogP contribution in [0, 0.1) is 13.8 Å². The molecule has 30 heavy (non-hydrogen) atoms. The van der Waals surface area contributed by atoms with Gasteiger partial charge in [-0.05, 0) is 55.1 Å². The minimum atomic E-state index is -0.617. The molecule has 0 saturated heterocycles. The van der Waals surface area contributed by atoms with Crippen LogP contribution in [0.5, 0.6) is 0 Å². The number of carbonyl (C=O) groups is 2. The van der Waals surface area contributed by atoms with Crippen molar-refractivity contribution in [3.8, 4) is 10.4 Å². The number of aryl methyl sites for hydroxylation is 2. The van der Waals surface area contributed by atoms with Crippen molar-refractivity contribution < 1.29 is 9.59 Å². The molecule has 4 aromatic rings.